The maximum Gasteiger partial charge on any atom is 0.251 e. The van der Waals surface area contributed by atoms with Crippen LogP contribution in [0.5, 0.6) is 0 Å². The second kappa shape index (κ2) is 7.18. The first kappa shape index (κ1) is 17.3. The minimum atomic E-state index is -3.46. The quantitative estimate of drug-likeness (QED) is 0.728. The molecule has 0 unspecified atom stereocenters. The van der Waals surface area contributed by atoms with Gasteiger partial charge in [-0.15, -0.1) is 0 Å². The van der Waals surface area contributed by atoms with Crippen molar-refractivity contribution in [2.24, 2.45) is 5.73 Å². The number of nitrogens with two attached hydrogens (primary N) is 1. The zero-order valence-electron chi connectivity index (χ0n) is 13.3. The number of amides is 1. The number of hydrogen-bond acceptors (Lipinski definition) is 7. The molecule has 0 spiro atoms. The fourth-order valence-electron chi connectivity index (χ4n) is 3.04. The van der Waals surface area contributed by atoms with Crippen molar-refractivity contribution in [3.8, 4) is 0 Å². The first-order valence-electron chi connectivity index (χ1n) is 8.01. The number of sulfonamides is 1. The SMILES string of the molecule is NC[C@H]1CC[C@@H](C(=O)N2CCN(S(=O)(=O)Cc3ccon3)CC2)O1. The van der Waals surface area contributed by atoms with Gasteiger partial charge in [0, 0.05) is 38.8 Å². The van der Waals surface area contributed by atoms with Crippen molar-refractivity contribution in [1.29, 1.82) is 0 Å². The fourth-order valence-corrected chi connectivity index (χ4v) is 4.47. The Bertz CT molecular complexity index is 655. The van der Waals surface area contributed by atoms with Crippen LogP contribution >= 0.6 is 0 Å². The van der Waals surface area contributed by atoms with Crippen molar-refractivity contribution in [3.63, 3.8) is 0 Å². The summed E-state index contributed by atoms with van der Waals surface area (Å²) in [5, 5.41) is 3.63. The Labute approximate surface area is 140 Å². The van der Waals surface area contributed by atoms with Gasteiger partial charge in [0.1, 0.15) is 18.1 Å². The summed E-state index contributed by atoms with van der Waals surface area (Å²) < 4.78 is 36.4. The normalized spacial score (nSPS) is 26.0. The number of rotatable bonds is 5. The first-order chi connectivity index (χ1) is 11.5. The standard InChI is InChI=1S/C14H22N4O5S/c15-9-12-1-2-13(23-12)14(19)17-4-6-18(7-5-17)24(20,21)10-11-3-8-22-16-11/h3,8,12-13H,1-2,4-7,9-10,15H2/t12-,13+/m1/s1. The Hall–Kier alpha value is -1.49. The second-order valence-electron chi connectivity index (χ2n) is 6.03. The Morgan fingerprint density at radius 3 is 2.62 bits per heavy atom. The van der Waals surface area contributed by atoms with E-state index in [0.717, 1.165) is 6.42 Å². The summed E-state index contributed by atoms with van der Waals surface area (Å²) in [5.74, 6) is -0.263. The molecule has 2 aliphatic heterocycles. The zero-order chi connectivity index (χ0) is 17.2. The molecule has 10 heteroatoms. The molecule has 0 saturated carbocycles. The van der Waals surface area contributed by atoms with Gasteiger partial charge in [0.15, 0.2) is 0 Å². The van der Waals surface area contributed by atoms with E-state index in [9.17, 15) is 13.2 Å². The van der Waals surface area contributed by atoms with Crippen LogP contribution in [0, 0.1) is 0 Å². The second-order valence-corrected chi connectivity index (χ2v) is 8.00. The number of carbonyl (C=O) groups is 1. The minimum absolute atomic E-state index is 0.0527. The number of carbonyl (C=O) groups excluding carboxylic acids is 1. The maximum atomic E-state index is 12.4. The van der Waals surface area contributed by atoms with E-state index in [-0.39, 0.29) is 30.9 Å². The van der Waals surface area contributed by atoms with Crippen LogP contribution in [0.1, 0.15) is 18.5 Å². The molecule has 0 aliphatic carbocycles. The molecule has 2 saturated heterocycles. The Morgan fingerprint density at radius 2 is 2.04 bits per heavy atom. The van der Waals surface area contributed by atoms with Gasteiger partial charge in [-0.3, -0.25) is 4.79 Å². The van der Waals surface area contributed by atoms with Gasteiger partial charge in [-0.05, 0) is 12.8 Å². The molecule has 0 radical (unpaired) electrons. The predicted octanol–water partition coefficient (Wildman–Crippen LogP) is -0.845. The van der Waals surface area contributed by atoms with Crippen LogP contribution < -0.4 is 5.73 Å². The van der Waals surface area contributed by atoms with E-state index in [2.05, 4.69) is 9.68 Å². The van der Waals surface area contributed by atoms with Crippen molar-refractivity contribution in [2.45, 2.75) is 30.8 Å². The van der Waals surface area contributed by atoms with Gasteiger partial charge in [-0.1, -0.05) is 5.16 Å². The van der Waals surface area contributed by atoms with Gasteiger partial charge in [-0.2, -0.15) is 4.31 Å². The molecule has 2 atom stereocenters. The molecular weight excluding hydrogens is 336 g/mol. The van der Waals surface area contributed by atoms with Gasteiger partial charge in [0.05, 0.1) is 11.8 Å². The van der Waals surface area contributed by atoms with Crippen LogP contribution in [0.15, 0.2) is 16.9 Å². The highest BCUT2D eigenvalue weighted by Gasteiger charge is 2.35. The number of piperazine rings is 1. The molecule has 1 aromatic rings. The topological polar surface area (TPSA) is 119 Å². The average Bonchev–Trinajstić information content (AvgIpc) is 3.25. The first-order valence-corrected chi connectivity index (χ1v) is 9.62. The van der Waals surface area contributed by atoms with Crippen molar-refractivity contribution < 1.29 is 22.5 Å². The highest BCUT2D eigenvalue weighted by Crippen LogP contribution is 2.22. The molecule has 3 rings (SSSR count). The van der Waals surface area contributed by atoms with Gasteiger partial charge in [-0.25, -0.2) is 8.42 Å². The largest absolute Gasteiger partial charge is 0.364 e. The van der Waals surface area contributed by atoms with Gasteiger partial charge < -0.3 is 19.9 Å². The highest BCUT2D eigenvalue weighted by molar-refractivity contribution is 7.88. The van der Waals surface area contributed by atoms with E-state index in [1.807, 2.05) is 0 Å². The highest BCUT2D eigenvalue weighted by atomic mass is 32.2. The zero-order valence-corrected chi connectivity index (χ0v) is 14.2. The van der Waals surface area contributed by atoms with E-state index in [4.69, 9.17) is 10.5 Å². The van der Waals surface area contributed by atoms with Crippen LogP contribution in [0.2, 0.25) is 0 Å². The van der Waals surface area contributed by atoms with Crippen LogP contribution in [0.25, 0.3) is 0 Å². The molecule has 2 fully saturated rings. The van der Waals surface area contributed by atoms with E-state index in [0.29, 0.717) is 31.7 Å². The molecule has 1 amide bonds. The number of hydrogen-bond donors (Lipinski definition) is 1. The van der Waals surface area contributed by atoms with Crippen molar-refractivity contribution >= 4 is 15.9 Å². The molecule has 2 N–H and O–H groups in total. The third kappa shape index (κ3) is 3.77. The van der Waals surface area contributed by atoms with Crippen LogP contribution in [-0.2, 0) is 25.3 Å². The van der Waals surface area contributed by atoms with E-state index in [1.165, 1.54) is 16.6 Å². The molecular formula is C14H22N4O5S. The summed E-state index contributed by atoms with van der Waals surface area (Å²) in [5.41, 5.74) is 5.94. The summed E-state index contributed by atoms with van der Waals surface area (Å²) in [6.45, 7) is 1.70. The number of ether oxygens (including phenoxy) is 1. The summed E-state index contributed by atoms with van der Waals surface area (Å²) in [7, 11) is -3.46. The van der Waals surface area contributed by atoms with Crippen LogP contribution in [0.3, 0.4) is 0 Å². The summed E-state index contributed by atoms with van der Waals surface area (Å²) in [6.07, 6.45) is 2.31. The van der Waals surface area contributed by atoms with Crippen molar-refractivity contribution in [2.75, 3.05) is 32.7 Å². The average molecular weight is 358 g/mol. The van der Waals surface area contributed by atoms with Crippen molar-refractivity contribution in [3.05, 3.63) is 18.0 Å². The van der Waals surface area contributed by atoms with Gasteiger partial charge in [0.2, 0.25) is 10.0 Å². The van der Waals surface area contributed by atoms with E-state index in [1.54, 1.807) is 4.90 Å². The summed E-state index contributed by atoms with van der Waals surface area (Å²) in [4.78, 5) is 14.1. The lowest BCUT2D eigenvalue weighted by molar-refractivity contribution is -0.143. The minimum Gasteiger partial charge on any atom is -0.364 e. The van der Waals surface area contributed by atoms with Crippen LogP contribution in [-0.4, -0.2) is 73.6 Å². The third-order valence-electron chi connectivity index (χ3n) is 4.41. The molecule has 9 nitrogen and oxygen atoms in total. The number of aromatic nitrogens is 1. The number of nitrogens with zero attached hydrogens (tertiary/aromatic N) is 3. The lowest BCUT2D eigenvalue weighted by atomic mass is 10.1. The van der Waals surface area contributed by atoms with Gasteiger partial charge >= 0.3 is 0 Å². The van der Waals surface area contributed by atoms with Crippen LogP contribution in [0.4, 0.5) is 0 Å². The summed E-state index contributed by atoms with van der Waals surface area (Å²) in [6, 6.07) is 1.53. The lowest BCUT2D eigenvalue weighted by Gasteiger charge is -2.35. The Kier molecular flexibility index (Phi) is 5.18. The third-order valence-corrected chi connectivity index (χ3v) is 6.22. The van der Waals surface area contributed by atoms with Crippen molar-refractivity contribution in [1.82, 2.24) is 14.4 Å². The van der Waals surface area contributed by atoms with Gasteiger partial charge in [0.25, 0.3) is 5.91 Å². The molecule has 24 heavy (non-hydrogen) atoms. The smallest absolute Gasteiger partial charge is 0.251 e. The Balaban J connectivity index is 1.53. The monoisotopic (exact) mass is 358 g/mol. The maximum absolute atomic E-state index is 12.4. The fraction of sp³-hybridized carbons (Fsp3) is 0.714. The molecule has 3 heterocycles. The predicted molar refractivity (Wildman–Crippen MR) is 84.2 cm³/mol. The Morgan fingerprint density at radius 1 is 1.29 bits per heavy atom. The lowest BCUT2D eigenvalue weighted by Crippen LogP contribution is -2.53. The molecule has 0 bridgehead atoms. The molecule has 2 aliphatic rings. The van der Waals surface area contributed by atoms with E-state index < -0.39 is 16.1 Å². The molecule has 134 valence electrons. The summed E-state index contributed by atoms with van der Waals surface area (Å²) >= 11 is 0. The van der Waals surface area contributed by atoms with E-state index >= 15 is 0 Å². The molecule has 1 aromatic heterocycles. The molecule has 0 aromatic carbocycles.